The second kappa shape index (κ2) is 19.5. The molecule has 12 N–H and O–H groups in total. The Hall–Kier alpha value is -4.02. The maximum atomic E-state index is 11.8. The van der Waals surface area contributed by atoms with Crippen molar-refractivity contribution in [2.24, 2.45) is 20.5 Å². The van der Waals surface area contributed by atoms with E-state index in [4.69, 9.17) is 33.4 Å². The monoisotopic (exact) mass is 866 g/mol. The highest BCUT2D eigenvalue weighted by atomic mass is 32.2. The number of azo groups is 2. The summed E-state index contributed by atoms with van der Waals surface area (Å²) in [6.07, 6.45) is 1.37. The number of nitrogens with two attached hydrogens (primary N) is 4. The van der Waals surface area contributed by atoms with Gasteiger partial charge in [0, 0.05) is 16.4 Å². The number of benzene rings is 2. The molecule has 4 aromatic rings. The van der Waals surface area contributed by atoms with Crippen LogP contribution in [0.5, 0.6) is 0 Å². The molecule has 0 spiro atoms. The van der Waals surface area contributed by atoms with Crippen molar-refractivity contribution in [1.82, 2.24) is 19.9 Å². The molecule has 0 aliphatic carbocycles. The first kappa shape index (κ1) is 42.7. The third kappa shape index (κ3) is 12.2. The highest BCUT2D eigenvalue weighted by Gasteiger charge is 2.19. The summed E-state index contributed by atoms with van der Waals surface area (Å²) in [4.78, 5) is 16.0. The molecule has 2 aromatic carbocycles. The van der Waals surface area contributed by atoms with Gasteiger partial charge < -0.3 is 22.9 Å². The molecule has 0 saturated heterocycles. The van der Waals surface area contributed by atoms with E-state index in [2.05, 4.69) is 59.1 Å². The molecule has 0 saturated carbocycles. The normalized spacial score (nSPS) is 12.3. The molecular weight excluding hydrogens is 841 g/mol. The van der Waals surface area contributed by atoms with Crippen molar-refractivity contribution in [2.45, 2.75) is 42.7 Å². The quantitative estimate of drug-likeness (QED) is 0.00849. The molecule has 2 aromatic heterocycles. The number of hydrogen-bond donors (Lipinski definition) is 8. The Kier molecular flexibility index (Phi) is 15.5. The lowest BCUT2D eigenvalue weighted by atomic mass is 10.3. The van der Waals surface area contributed by atoms with Crippen LogP contribution in [0.1, 0.15) is 12.8 Å². The molecule has 0 fully saturated rings. The lowest BCUT2D eigenvalue weighted by molar-refractivity contribution is -0.432. The number of nitrogen functional groups attached to an aromatic ring is 4. The first-order chi connectivity index (χ1) is 25.6. The van der Waals surface area contributed by atoms with Crippen molar-refractivity contribution in [3.8, 4) is 0 Å². The average molecular weight is 867 g/mol. The van der Waals surface area contributed by atoms with Crippen LogP contribution in [-0.2, 0) is 39.0 Å². The minimum atomic E-state index is -4.70. The smallest absolute Gasteiger partial charge is 0.296 e. The first-order valence-corrected chi connectivity index (χ1v) is 20.4. The number of aromatic nitrogens is 4. The SMILES string of the molecule is Nc1nc(SCCCCSc2nc(N)c(/N=N/c3cc(SOOO)ccc3S(=O)(=O)O)c(N)n2)nc(N)c1/N=N/c1cc(S(=O)(=O)O)ccc1SOOO. The summed E-state index contributed by atoms with van der Waals surface area (Å²) >= 11 is 3.51. The van der Waals surface area contributed by atoms with Gasteiger partial charge in [-0.3, -0.25) is 9.11 Å². The van der Waals surface area contributed by atoms with Gasteiger partial charge >= 0.3 is 0 Å². The van der Waals surface area contributed by atoms with E-state index in [9.17, 15) is 25.9 Å². The molecule has 4 rings (SSSR count). The summed E-state index contributed by atoms with van der Waals surface area (Å²) in [5.74, 6) is 0.581. The number of anilines is 4. The van der Waals surface area contributed by atoms with Crippen LogP contribution in [0, 0.1) is 0 Å². The van der Waals surface area contributed by atoms with Gasteiger partial charge in [-0.1, -0.05) is 33.6 Å². The Morgan fingerprint density at radius 3 is 1.61 bits per heavy atom. The van der Waals surface area contributed by atoms with Gasteiger partial charge in [0.1, 0.15) is 16.3 Å². The van der Waals surface area contributed by atoms with Crippen LogP contribution < -0.4 is 22.9 Å². The lowest BCUT2D eigenvalue weighted by Crippen LogP contribution is -2.02. The molecule has 0 radical (unpaired) electrons. The Morgan fingerprint density at radius 1 is 0.630 bits per heavy atom. The van der Waals surface area contributed by atoms with Crippen LogP contribution in [0.15, 0.2) is 86.8 Å². The van der Waals surface area contributed by atoms with Crippen molar-refractivity contribution in [2.75, 3.05) is 34.4 Å². The van der Waals surface area contributed by atoms with Crippen LogP contribution in [0.3, 0.4) is 0 Å². The molecule has 0 atom stereocenters. The summed E-state index contributed by atoms with van der Waals surface area (Å²) in [6.45, 7) is 0. The third-order valence-electron chi connectivity index (χ3n) is 6.10. The fourth-order valence-electron chi connectivity index (χ4n) is 3.77. The van der Waals surface area contributed by atoms with Crippen LogP contribution in [-0.4, -0.2) is 67.9 Å². The summed E-state index contributed by atoms with van der Waals surface area (Å²) in [5.41, 5.74) is 23.4. The molecule has 0 aliphatic heterocycles. The van der Waals surface area contributed by atoms with Crippen molar-refractivity contribution >= 4 is 114 Å². The van der Waals surface area contributed by atoms with E-state index < -0.39 is 30.0 Å². The molecule has 0 bridgehead atoms. The van der Waals surface area contributed by atoms with E-state index in [1.54, 1.807) is 0 Å². The minimum absolute atomic E-state index is 0.106. The van der Waals surface area contributed by atoms with E-state index >= 15 is 0 Å². The van der Waals surface area contributed by atoms with E-state index in [0.29, 0.717) is 48.4 Å². The largest absolute Gasteiger partial charge is 0.382 e. The Labute approximate surface area is 321 Å². The maximum absolute atomic E-state index is 11.8. The summed E-state index contributed by atoms with van der Waals surface area (Å²) in [7, 11) is -9.29. The topological polar surface area (TPSA) is 391 Å². The first-order valence-electron chi connectivity index (χ1n) is 14.1. The zero-order chi connectivity index (χ0) is 39.5. The molecule has 0 unspecified atom stereocenters. The van der Waals surface area contributed by atoms with Gasteiger partial charge in [0.25, 0.3) is 20.2 Å². The van der Waals surface area contributed by atoms with Crippen molar-refractivity contribution in [1.29, 1.82) is 0 Å². The number of hydrogen-bond acceptors (Lipinski definition) is 26. The molecule has 30 heteroatoms. The Balaban J connectivity index is 1.33. The maximum Gasteiger partial charge on any atom is 0.296 e. The number of rotatable bonds is 19. The van der Waals surface area contributed by atoms with Gasteiger partial charge in [0.2, 0.25) is 0 Å². The van der Waals surface area contributed by atoms with E-state index in [1.807, 2.05) is 0 Å². The molecule has 290 valence electrons. The number of unbranched alkanes of at least 4 members (excludes halogenated alkanes) is 1. The van der Waals surface area contributed by atoms with Crippen LogP contribution >= 0.6 is 47.6 Å². The van der Waals surface area contributed by atoms with Gasteiger partial charge in [0.15, 0.2) is 45.0 Å². The van der Waals surface area contributed by atoms with Crippen LogP contribution in [0.2, 0.25) is 0 Å². The molecule has 0 amide bonds. The van der Waals surface area contributed by atoms with Gasteiger partial charge in [0.05, 0.1) is 33.9 Å². The fraction of sp³-hybridized carbons (Fsp3) is 0.167. The van der Waals surface area contributed by atoms with Crippen molar-refractivity contribution in [3.63, 3.8) is 0 Å². The zero-order valence-corrected chi connectivity index (χ0v) is 31.6. The second-order valence-electron chi connectivity index (χ2n) is 9.72. The third-order valence-corrected chi connectivity index (χ3v) is 10.9. The highest BCUT2D eigenvalue weighted by molar-refractivity contribution is 7.99. The minimum Gasteiger partial charge on any atom is -0.382 e. The predicted molar refractivity (Wildman–Crippen MR) is 195 cm³/mol. The Morgan fingerprint density at radius 2 is 1.13 bits per heavy atom. The molecule has 24 nitrogen and oxygen atoms in total. The van der Waals surface area contributed by atoms with Crippen LogP contribution in [0.25, 0.3) is 0 Å². The molecule has 54 heavy (non-hydrogen) atoms. The van der Waals surface area contributed by atoms with Crippen LogP contribution in [0.4, 0.5) is 46.0 Å². The summed E-state index contributed by atoms with van der Waals surface area (Å²) in [5, 5.41) is 39.9. The van der Waals surface area contributed by atoms with E-state index in [0.717, 1.165) is 18.2 Å². The average Bonchev–Trinajstić information content (AvgIpc) is 3.10. The van der Waals surface area contributed by atoms with Crippen molar-refractivity contribution in [3.05, 3.63) is 36.4 Å². The lowest BCUT2D eigenvalue weighted by Gasteiger charge is -2.08. The van der Waals surface area contributed by atoms with Gasteiger partial charge in [-0.25, -0.2) is 30.5 Å². The van der Waals surface area contributed by atoms with Gasteiger partial charge in [-0.15, -0.1) is 29.1 Å². The standard InChI is InChI=1S/C24H26N12O12S6/c25-19-17(35-33-13-10-12(53(39,40)41)4-5-15(13)52-48-46-38)20(26)30-23(29-19)49-7-1-2-8-50-24-31-21(27)18(22(28)32-24)36-34-14-9-11(51-47-45-37)3-6-16(14)54(42,43)44/h3-6,9-10,37-38H,1-2,7-8H2,(H,39,40,41)(H,42,43,44)(H4,25,26,29,30)(H4,27,28,31,32)/b35-33+,36-34+. The zero-order valence-electron chi connectivity index (χ0n) is 26.7. The highest BCUT2D eigenvalue weighted by Crippen LogP contribution is 2.37. The molecule has 2 heterocycles. The molecular formula is C24H26N12O12S6. The summed E-state index contributed by atoms with van der Waals surface area (Å²) in [6, 6.07) is 6.73. The fourth-order valence-corrected chi connectivity index (χ4v) is 7.39. The Bertz CT molecular complexity index is 2210. The second-order valence-corrected chi connectivity index (χ2v) is 16.2. The number of thioether (sulfide) groups is 2. The molecule has 0 aliphatic rings. The van der Waals surface area contributed by atoms with Crippen molar-refractivity contribution < 1.29 is 55.2 Å². The van der Waals surface area contributed by atoms with Gasteiger partial charge in [-0.2, -0.15) is 16.8 Å². The van der Waals surface area contributed by atoms with E-state index in [1.165, 1.54) is 41.7 Å². The van der Waals surface area contributed by atoms with E-state index in [-0.39, 0.29) is 66.1 Å². The number of nitrogens with zero attached hydrogens (tertiary/aromatic N) is 8. The summed E-state index contributed by atoms with van der Waals surface area (Å²) < 4.78 is 74.3. The van der Waals surface area contributed by atoms with Gasteiger partial charge in [-0.05, 0) is 49.2 Å². The predicted octanol–water partition coefficient (Wildman–Crippen LogP) is 5.44.